The summed E-state index contributed by atoms with van der Waals surface area (Å²) in [4.78, 5) is 14.5. The van der Waals surface area contributed by atoms with Crippen molar-refractivity contribution in [1.29, 1.82) is 0 Å². The summed E-state index contributed by atoms with van der Waals surface area (Å²) < 4.78 is 1.91. The number of likely N-dealkylation sites (tertiary alicyclic amines) is 1. The second kappa shape index (κ2) is 5.27. The monoisotopic (exact) mass is 248 g/mol. The molecule has 0 radical (unpaired) electrons. The van der Waals surface area contributed by atoms with Crippen LogP contribution in [0.5, 0.6) is 0 Å². The maximum atomic E-state index is 12.2. The van der Waals surface area contributed by atoms with E-state index in [0.717, 1.165) is 18.8 Å². The topological polar surface area (TPSA) is 25.2 Å². The number of carbonyl (C=O) groups excluding carboxylic acids is 1. The molecule has 2 heterocycles. The molecule has 3 nitrogen and oxygen atoms in total. The molecule has 0 amide bonds. The van der Waals surface area contributed by atoms with E-state index in [2.05, 4.69) is 18.7 Å². The molecule has 100 valence electrons. The zero-order valence-corrected chi connectivity index (χ0v) is 11.8. The molecule has 18 heavy (non-hydrogen) atoms. The number of hydrogen-bond donors (Lipinski definition) is 0. The van der Waals surface area contributed by atoms with Crippen LogP contribution in [-0.4, -0.2) is 34.9 Å². The summed E-state index contributed by atoms with van der Waals surface area (Å²) >= 11 is 0. The van der Waals surface area contributed by atoms with Gasteiger partial charge in [0.15, 0.2) is 5.78 Å². The minimum Gasteiger partial charge on any atom is -0.348 e. The van der Waals surface area contributed by atoms with Crippen LogP contribution in [0.1, 0.15) is 43.6 Å². The summed E-state index contributed by atoms with van der Waals surface area (Å²) in [6.07, 6.45) is 5.60. The summed E-state index contributed by atoms with van der Waals surface area (Å²) in [6.45, 7) is 7.31. The number of piperidine rings is 1. The first kappa shape index (κ1) is 13.3. The molecule has 1 aliphatic rings. The van der Waals surface area contributed by atoms with Gasteiger partial charge in [-0.05, 0) is 43.5 Å². The third kappa shape index (κ3) is 2.83. The summed E-state index contributed by atoms with van der Waals surface area (Å²) in [7, 11) is 1.93. The van der Waals surface area contributed by atoms with Crippen LogP contribution in [0.4, 0.5) is 0 Å². The number of nitrogens with zero attached hydrogens (tertiary/aromatic N) is 2. The van der Waals surface area contributed by atoms with E-state index >= 15 is 0 Å². The highest BCUT2D eigenvalue weighted by molar-refractivity contribution is 5.96. The van der Waals surface area contributed by atoms with Crippen LogP contribution in [0.25, 0.3) is 0 Å². The van der Waals surface area contributed by atoms with Crippen molar-refractivity contribution in [2.75, 3.05) is 19.6 Å². The van der Waals surface area contributed by atoms with Gasteiger partial charge >= 0.3 is 0 Å². The van der Waals surface area contributed by atoms with Gasteiger partial charge in [0.05, 0.1) is 12.2 Å². The quantitative estimate of drug-likeness (QED) is 0.766. The van der Waals surface area contributed by atoms with Crippen LogP contribution >= 0.6 is 0 Å². The Balaban J connectivity index is 1.89. The van der Waals surface area contributed by atoms with Crippen LogP contribution in [0.3, 0.4) is 0 Å². The zero-order chi connectivity index (χ0) is 13.2. The van der Waals surface area contributed by atoms with Crippen molar-refractivity contribution in [1.82, 2.24) is 9.47 Å². The molecule has 1 aromatic heterocycles. The molecule has 0 spiro atoms. The van der Waals surface area contributed by atoms with E-state index in [-0.39, 0.29) is 5.78 Å². The predicted molar refractivity (Wildman–Crippen MR) is 73.8 cm³/mol. The smallest absolute Gasteiger partial charge is 0.193 e. The largest absolute Gasteiger partial charge is 0.348 e. The van der Waals surface area contributed by atoms with Gasteiger partial charge in [-0.2, -0.15) is 0 Å². The molecule has 1 saturated heterocycles. The fourth-order valence-electron chi connectivity index (χ4n) is 2.64. The summed E-state index contributed by atoms with van der Waals surface area (Å²) in [6, 6.07) is 3.83. The molecule has 0 saturated carbocycles. The van der Waals surface area contributed by atoms with Gasteiger partial charge in [-0.25, -0.2) is 0 Å². The van der Waals surface area contributed by atoms with Gasteiger partial charge in [0.1, 0.15) is 0 Å². The molecule has 0 N–H and O–H groups in total. The standard InChI is InChI=1S/C15H24N2O/c1-4-15(2)7-10-17(11-8-15)12-14(18)13-6-5-9-16(13)3/h5-6,9H,4,7-8,10-12H2,1-3H3. The highest BCUT2D eigenvalue weighted by Crippen LogP contribution is 2.33. The van der Waals surface area contributed by atoms with Gasteiger partial charge in [0.25, 0.3) is 0 Å². The summed E-state index contributed by atoms with van der Waals surface area (Å²) in [5.41, 5.74) is 1.31. The highest BCUT2D eigenvalue weighted by Gasteiger charge is 2.29. The lowest BCUT2D eigenvalue weighted by Gasteiger charge is -2.38. The van der Waals surface area contributed by atoms with Crippen LogP contribution in [0, 0.1) is 5.41 Å². The van der Waals surface area contributed by atoms with Gasteiger partial charge in [-0.1, -0.05) is 20.3 Å². The number of aromatic nitrogens is 1. The number of rotatable bonds is 4. The van der Waals surface area contributed by atoms with Crippen molar-refractivity contribution in [3.63, 3.8) is 0 Å². The first-order valence-electron chi connectivity index (χ1n) is 6.91. The maximum Gasteiger partial charge on any atom is 0.193 e. The van der Waals surface area contributed by atoms with Crippen molar-refractivity contribution in [3.8, 4) is 0 Å². The number of carbonyl (C=O) groups is 1. The second-order valence-electron chi connectivity index (χ2n) is 5.87. The minimum atomic E-state index is 0.239. The average molecular weight is 248 g/mol. The van der Waals surface area contributed by atoms with E-state index in [4.69, 9.17) is 0 Å². The van der Waals surface area contributed by atoms with E-state index < -0.39 is 0 Å². The lowest BCUT2D eigenvalue weighted by molar-refractivity contribution is 0.0806. The Morgan fingerprint density at radius 1 is 1.39 bits per heavy atom. The maximum absolute atomic E-state index is 12.2. The van der Waals surface area contributed by atoms with Crippen molar-refractivity contribution in [2.24, 2.45) is 12.5 Å². The Morgan fingerprint density at radius 3 is 2.56 bits per heavy atom. The van der Waals surface area contributed by atoms with Crippen molar-refractivity contribution in [3.05, 3.63) is 24.0 Å². The molecule has 0 bridgehead atoms. The van der Waals surface area contributed by atoms with Crippen LogP contribution in [0.2, 0.25) is 0 Å². The van der Waals surface area contributed by atoms with Crippen LogP contribution < -0.4 is 0 Å². The number of aryl methyl sites for hydroxylation is 1. The lowest BCUT2D eigenvalue weighted by Crippen LogP contribution is -2.41. The summed E-state index contributed by atoms with van der Waals surface area (Å²) in [5.74, 6) is 0.239. The van der Waals surface area contributed by atoms with E-state index in [1.54, 1.807) is 0 Å². The molecular weight excluding hydrogens is 224 g/mol. The zero-order valence-electron chi connectivity index (χ0n) is 11.8. The summed E-state index contributed by atoms with van der Waals surface area (Å²) in [5, 5.41) is 0. The minimum absolute atomic E-state index is 0.239. The van der Waals surface area contributed by atoms with Crippen molar-refractivity contribution < 1.29 is 4.79 Å². The highest BCUT2D eigenvalue weighted by atomic mass is 16.1. The first-order valence-corrected chi connectivity index (χ1v) is 6.91. The Kier molecular flexibility index (Phi) is 3.91. The van der Waals surface area contributed by atoms with E-state index in [9.17, 15) is 4.79 Å². The fourth-order valence-corrected chi connectivity index (χ4v) is 2.64. The molecular formula is C15H24N2O. The SMILES string of the molecule is CCC1(C)CCN(CC(=O)c2cccn2C)CC1. The first-order chi connectivity index (χ1) is 8.54. The van der Waals surface area contributed by atoms with Gasteiger partial charge in [-0.3, -0.25) is 9.69 Å². The number of hydrogen-bond acceptors (Lipinski definition) is 2. The van der Waals surface area contributed by atoms with Gasteiger partial charge in [0.2, 0.25) is 0 Å². The Labute approximate surface area is 110 Å². The van der Waals surface area contributed by atoms with Crippen molar-refractivity contribution >= 4 is 5.78 Å². The van der Waals surface area contributed by atoms with E-state index in [1.165, 1.54) is 19.3 Å². The molecule has 0 aliphatic carbocycles. The molecule has 1 fully saturated rings. The second-order valence-corrected chi connectivity index (χ2v) is 5.87. The van der Waals surface area contributed by atoms with Gasteiger partial charge in [0, 0.05) is 13.2 Å². The normalized spacial score (nSPS) is 19.9. The van der Waals surface area contributed by atoms with E-state index in [1.807, 2.05) is 29.9 Å². The van der Waals surface area contributed by atoms with Crippen molar-refractivity contribution in [2.45, 2.75) is 33.1 Å². The Hall–Kier alpha value is -1.09. The van der Waals surface area contributed by atoms with Gasteiger partial charge in [-0.15, -0.1) is 0 Å². The van der Waals surface area contributed by atoms with Crippen LogP contribution in [-0.2, 0) is 7.05 Å². The predicted octanol–water partition coefficient (Wildman–Crippen LogP) is 2.72. The van der Waals surface area contributed by atoms with Gasteiger partial charge < -0.3 is 4.57 Å². The lowest BCUT2D eigenvalue weighted by atomic mass is 9.78. The van der Waals surface area contributed by atoms with E-state index in [0.29, 0.717) is 12.0 Å². The molecule has 0 atom stereocenters. The Bertz CT molecular complexity index is 414. The Morgan fingerprint density at radius 2 is 2.06 bits per heavy atom. The molecule has 0 unspecified atom stereocenters. The number of ketones is 1. The third-order valence-corrected chi connectivity index (χ3v) is 4.51. The number of Topliss-reactive ketones (excluding diaryl/α,β-unsaturated/α-hetero) is 1. The molecule has 3 heteroatoms. The molecule has 1 aromatic rings. The average Bonchev–Trinajstić information content (AvgIpc) is 2.79. The molecule has 2 rings (SSSR count). The molecule has 1 aliphatic heterocycles. The third-order valence-electron chi connectivity index (χ3n) is 4.51. The fraction of sp³-hybridized carbons (Fsp3) is 0.667. The van der Waals surface area contributed by atoms with Crippen LogP contribution in [0.15, 0.2) is 18.3 Å². The molecule has 0 aromatic carbocycles.